The van der Waals surface area contributed by atoms with Gasteiger partial charge in [-0.05, 0) is 6.92 Å². The number of nitrogens with one attached hydrogen (secondary N) is 1. The fourth-order valence-corrected chi connectivity index (χ4v) is 0.795. The smallest absolute Gasteiger partial charge is 0.252 e. The van der Waals surface area contributed by atoms with E-state index >= 15 is 0 Å². The molecule has 1 heterocycles. The van der Waals surface area contributed by atoms with Crippen LogP contribution in [0.4, 0.5) is 5.95 Å². The van der Waals surface area contributed by atoms with E-state index in [1.807, 2.05) is 14.1 Å². The summed E-state index contributed by atoms with van der Waals surface area (Å²) in [5, 5.41) is 0. The molecule has 0 aromatic carbocycles. The van der Waals surface area contributed by atoms with Gasteiger partial charge in [-0.3, -0.25) is 9.78 Å². The van der Waals surface area contributed by atoms with Gasteiger partial charge in [0.2, 0.25) is 5.95 Å². The number of aromatic nitrogens is 2. The second kappa shape index (κ2) is 3.84. The molecule has 0 fully saturated rings. The van der Waals surface area contributed by atoms with Crippen LogP contribution in [-0.2, 0) is 0 Å². The number of aryl methyl sites for hydroxylation is 1. The van der Waals surface area contributed by atoms with E-state index in [0.29, 0.717) is 11.6 Å². The average Bonchev–Trinajstić information content (AvgIpc) is 1.99. The lowest BCUT2D eigenvalue weighted by Crippen LogP contribution is -2.09. The molecular weight excluding hydrogens is 168 g/mol. The van der Waals surface area contributed by atoms with E-state index in [0.717, 1.165) is 0 Å². The summed E-state index contributed by atoms with van der Waals surface area (Å²) in [5.41, 5.74) is 0.480. The standard InChI is InChI=1S/C8H12N4O/c1-6-4-7(13)11-8(10-6)9-5-12(2)3/h4-5H,1-3H3,(H,10,11,13). The Morgan fingerprint density at radius 1 is 1.62 bits per heavy atom. The summed E-state index contributed by atoms with van der Waals surface area (Å²) in [6.07, 6.45) is 1.58. The van der Waals surface area contributed by atoms with Crippen molar-refractivity contribution in [1.29, 1.82) is 0 Å². The summed E-state index contributed by atoms with van der Waals surface area (Å²) >= 11 is 0. The van der Waals surface area contributed by atoms with Crippen molar-refractivity contribution in [2.75, 3.05) is 14.1 Å². The quantitative estimate of drug-likeness (QED) is 0.526. The number of nitrogens with zero attached hydrogens (tertiary/aromatic N) is 3. The van der Waals surface area contributed by atoms with Gasteiger partial charge in [-0.1, -0.05) is 0 Å². The van der Waals surface area contributed by atoms with Crippen LogP contribution in [-0.4, -0.2) is 35.3 Å². The first-order valence-corrected chi connectivity index (χ1v) is 3.86. The second-order valence-corrected chi connectivity index (χ2v) is 2.92. The minimum Gasteiger partial charge on any atom is -0.369 e. The van der Waals surface area contributed by atoms with E-state index in [4.69, 9.17) is 0 Å². The summed E-state index contributed by atoms with van der Waals surface area (Å²) in [4.78, 5) is 23.2. The minimum absolute atomic E-state index is 0.182. The summed E-state index contributed by atoms with van der Waals surface area (Å²) in [6, 6.07) is 1.43. The summed E-state index contributed by atoms with van der Waals surface area (Å²) in [5.74, 6) is 0.332. The van der Waals surface area contributed by atoms with Gasteiger partial charge in [0.05, 0.1) is 6.34 Å². The summed E-state index contributed by atoms with van der Waals surface area (Å²) in [7, 11) is 3.69. The van der Waals surface area contributed by atoms with Crippen LogP contribution in [0.3, 0.4) is 0 Å². The molecule has 0 bridgehead atoms. The number of aliphatic imine (C=N–C) groups is 1. The first kappa shape index (κ1) is 9.44. The van der Waals surface area contributed by atoms with Crippen LogP contribution in [0.2, 0.25) is 0 Å². The molecule has 0 aliphatic heterocycles. The largest absolute Gasteiger partial charge is 0.369 e. The van der Waals surface area contributed by atoms with E-state index in [-0.39, 0.29) is 5.56 Å². The predicted octanol–water partition coefficient (Wildman–Crippen LogP) is 0.300. The number of H-pyrrole nitrogens is 1. The molecule has 5 heteroatoms. The highest BCUT2D eigenvalue weighted by atomic mass is 16.1. The van der Waals surface area contributed by atoms with Crippen LogP contribution in [0.5, 0.6) is 0 Å². The Balaban J connectivity index is 2.96. The predicted molar refractivity (Wildman–Crippen MR) is 51.4 cm³/mol. The molecule has 0 amide bonds. The summed E-state index contributed by atoms with van der Waals surface area (Å²) in [6.45, 7) is 1.75. The monoisotopic (exact) mass is 180 g/mol. The van der Waals surface area contributed by atoms with Crippen molar-refractivity contribution < 1.29 is 0 Å². The third kappa shape index (κ3) is 3.06. The molecule has 5 nitrogen and oxygen atoms in total. The van der Waals surface area contributed by atoms with Gasteiger partial charge in [0.1, 0.15) is 0 Å². The molecule has 0 unspecified atom stereocenters. The lowest BCUT2D eigenvalue weighted by atomic mass is 10.4. The third-order valence-electron chi connectivity index (χ3n) is 1.27. The van der Waals surface area contributed by atoms with Crippen LogP contribution >= 0.6 is 0 Å². The Kier molecular flexibility index (Phi) is 2.79. The Labute approximate surface area is 76.1 Å². The molecule has 1 aromatic heterocycles. The van der Waals surface area contributed by atoms with Crippen molar-refractivity contribution in [1.82, 2.24) is 14.9 Å². The van der Waals surface area contributed by atoms with Crippen LogP contribution in [0.25, 0.3) is 0 Å². The summed E-state index contributed by atoms with van der Waals surface area (Å²) < 4.78 is 0. The number of rotatable bonds is 2. The molecule has 1 N–H and O–H groups in total. The Hall–Kier alpha value is -1.65. The molecule has 0 saturated heterocycles. The average molecular weight is 180 g/mol. The third-order valence-corrected chi connectivity index (χ3v) is 1.27. The zero-order valence-electron chi connectivity index (χ0n) is 7.90. The van der Waals surface area contributed by atoms with E-state index in [1.165, 1.54) is 6.07 Å². The minimum atomic E-state index is -0.182. The van der Waals surface area contributed by atoms with Crippen molar-refractivity contribution in [3.05, 3.63) is 22.1 Å². The highest BCUT2D eigenvalue weighted by molar-refractivity contribution is 5.57. The maximum absolute atomic E-state index is 11.0. The molecule has 0 spiro atoms. The molecule has 1 rings (SSSR count). The molecule has 1 aromatic rings. The van der Waals surface area contributed by atoms with Crippen molar-refractivity contribution in [2.45, 2.75) is 6.92 Å². The van der Waals surface area contributed by atoms with E-state index < -0.39 is 0 Å². The Morgan fingerprint density at radius 2 is 2.31 bits per heavy atom. The van der Waals surface area contributed by atoms with Gasteiger partial charge in [0, 0.05) is 25.9 Å². The Bertz CT molecular complexity index is 367. The highest BCUT2D eigenvalue weighted by Crippen LogP contribution is 1.98. The fourth-order valence-electron chi connectivity index (χ4n) is 0.795. The molecule has 0 radical (unpaired) electrons. The van der Waals surface area contributed by atoms with Gasteiger partial charge in [-0.2, -0.15) is 0 Å². The molecule has 13 heavy (non-hydrogen) atoms. The first-order chi connectivity index (χ1) is 6.08. The molecule has 0 atom stereocenters. The van der Waals surface area contributed by atoms with Gasteiger partial charge < -0.3 is 4.90 Å². The lowest BCUT2D eigenvalue weighted by Gasteiger charge is -2.01. The maximum atomic E-state index is 11.0. The van der Waals surface area contributed by atoms with Gasteiger partial charge in [-0.25, -0.2) is 9.98 Å². The number of aromatic amines is 1. The van der Waals surface area contributed by atoms with Crippen LogP contribution in [0, 0.1) is 6.92 Å². The molecule has 70 valence electrons. The van der Waals surface area contributed by atoms with Gasteiger partial charge in [0.25, 0.3) is 5.56 Å². The maximum Gasteiger partial charge on any atom is 0.252 e. The van der Waals surface area contributed by atoms with Crippen LogP contribution in [0.1, 0.15) is 5.69 Å². The van der Waals surface area contributed by atoms with Gasteiger partial charge >= 0.3 is 0 Å². The van der Waals surface area contributed by atoms with Crippen LogP contribution in [0.15, 0.2) is 15.9 Å². The molecule has 0 saturated carbocycles. The van der Waals surface area contributed by atoms with Crippen molar-refractivity contribution in [3.63, 3.8) is 0 Å². The van der Waals surface area contributed by atoms with E-state index in [1.54, 1.807) is 18.2 Å². The first-order valence-electron chi connectivity index (χ1n) is 3.86. The van der Waals surface area contributed by atoms with Crippen molar-refractivity contribution in [3.8, 4) is 0 Å². The second-order valence-electron chi connectivity index (χ2n) is 2.92. The number of hydrogen-bond acceptors (Lipinski definition) is 3. The SMILES string of the molecule is Cc1cc(=O)[nH]c(N=CN(C)C)n1. The fraction of sp³-hybridized carbons (Fsp3) is 0.375. The number of hydrogen-bond donors (Lipinski definition) is 1. The van der Waals surface area contributed by atoms with Crippen molar-refractivity contribution >= 4 is 12.3 Å². The normalized spacial score (nSPS) is 10.7. The Morgan fingerprint density at radius 3 is 2.85 bits per heavy atom. The highest BCUT2D eigenvalue weighted by Gasteiger charge is 1.93. The van der Waals surface area contributed by atoms with E-state index in [2.05, 4.69) is 15.0 Å². The zero-order chi connectivity index (χ0) is 9.84. The van der Waals surface area contributed by atoms with E-state index in [9.17, 15) is 4.79 Å². The van der Waals surface area contributed by atoms with Crippen LogP contribution < -0.4 is 5.56 Å². The van der Waals surface area contributed by atoms with Gasteiger partial charge in [0.15, 0.2) is 0 Å². The molecule has 0 aliphatic carbocycles. The molecule has 0 aliphatic rings. The molecular formula is C8H12N4O. The lowest BCUT2D eigenvalue weighted by molar-refractivity contribution is 0.642. The topological polar surface area (TPSA) is 61.4 Å². The van der Waals surface area contributed by atoms with Crippen molar-refractivity contribution in [2.24, 2.45) is 4.99 Å². The van der Waals surface area contributed by atoms with Gasteiger partial charge in [-0.15, -0.1) is 0 Å². The zero-order valence-corrected chi connectivity index (χ0v) is 7.90.